The summed E-state index contributed by atoms with van der Waals surface area (Å²) in [5, 5.41) is 13.1. The second-order valence-corrected chi connectivity index (χ2v) is 4.24. The van der Waals surface area contributed by atoms with Crippen LogP contribution in [0.5, 0.6) is 0 Å². The lowest BCUT2D eigenvalue weighted by atomic mass is 10.3. The Labute approximate surface area is 110 Å². The maximum atomic E-state index is 11.6. The number of hydrogen-bond donors (Lipinski definition) is 2. The number of nitrogens with one attached hydrogen (secondary N) is 2. The molecule has 0 aliphatic heterocycles. The van der Waals surface area contributed by atoms with Crippen molar-refractivity contribution in [1.82, 2.24) is 25.7 Å². The predicted molar refractivity (Wildman–Crippen MR) is 67.0 cm³/mol. The molecule has 0 atom stereocenters. The Morgan fingerprint density at radius 3 is 3.11 bits per heavy atom. The lowest BCUT2D eigenvalue weighted by Gasteiger charge is -2.01. The van der Waals surface area contributed by atoms with Crippen molar-refractivity contribution in [2.45, 2.75) is 39.2 Å². The number of carbonyl (C=O) groups is 1. The van der Waals surface area contributed by atoms with Crippen LogP contribution < -0.4 is 5.32 Å². The van der Waals surface area contributed by atoms with Crippen molar-refractivity contribution in [2.75, 3.05) is 0 Å². The first-order valence-corrected chi connectivity index (χ1v) is 6.33. The first-order chi connectivity index (χ1) is 9.28. The van der Waals surface area contributed by atoms with Gasteiger partial charge in [0.05, 0.1) is 6.20 Å². The van der Waals surface area contributed by atoms with Crippen molar-refractivity contribution < 1.29 is 9.32 Å². The number of aromatic amines is 1. The van der Waals surface area contributed by atoms with Crippen LogP contribution in [0.2, 0.25) is 0 Å². The van der Waals surface area contributed by atoms with E-state index in [2.05, 4.69) is 32.6 Å². The predicted octanol–water partition coefficient (Wildman–Crippen LogP) is 0.994. The van der Waals surface area contributed by atoms with Gasteiger partial charge in [-0.3, -0.25) is 9.89 Å². The van der Waals surface area contributed by atoms with Gasteiger partial charge in [0.1, 0.15) is 0 Å². The van der Waals surface area contributed by atoms with Crippen LogP contribution in [0.25, 0.3) is 0 Å². The first-order valence-electron chi connectivity index (χ1n) is 6.33. The van der Waals surface area contributed by atoms with Crippen LogP contribution in [0.15, 0.2) is 16.9 Å². The van der Waals surface area contributed by atoms with E-state index in [0.717, 1.165) is 18.4 Å². The van der Waals surface area contributed by atoms with E-state index in [1.165, 1.54) is 0 Å². The van der Waals surface area contributed by atoms with E-state index in [-0.39, 0.29) is 5.91 Å². The molecule has 0 bridgehead atoms. The van der Waals surface area contributed by atoms with E-state index in [4.69, 9.17) is 4.52 Å². The molecule has 2 heterocycles. The summed E-state index contributed by atoms with van der Waals surface area (Å²) in [7, 11) is 0. The summed E-state index contributed by atoms with van der Waals surface area (Å²) < 4.78 is 5.06. The summed E-state index contributed by atoms with van der Waals surface area (Å²) in [4.78, 5) is 15.8. The second kappa shape index (κ2) is 6.67. The van der Waals surface area contributed by atoms with Gasteiger partial charge in [-0.05, 0) is 6.42 Å². The molecule has 1 amide bonds. The molecule has 0 spiro atoms. The molecule has 0 saturated carbocycles. The second-order valence-electron chi connectivity index (χ2n) is 4.24. The highest BCUT2D eigenvalue weighted by Crippen LogP contribution is 2.03. The maximum Gasteiger partial charge on any atom is 0.227 e. The summed E-state index contributed by atoms with van der Waals surface area (Å²) in [5.74, 6) is 1.18. The zero-order valence-electron chi connectivity index (χ0n) is 10.8. The Morgan fingerprint density at radius 1 is 1.47 bits per heavy atom. The van der Waals surface area contributed by atoms with Gasteiger partial charge in [0.25, 0.3) is 0 Å². The molecule has 102 valence electrons. The maximum absolute atomic E-state index is 11.6. The molecule has 7 nitrogen and oxygen atoms in total. The Balaban J connectivity index is 1.70. The van der Waals surface area contributed by atoms with Crippen molar-refractivity contribution >= 4 is 5.91 Å². The van der Waals surface area contributed by atoms with Gasteiger partial charge in [0.15, 0.2) is 5.82 Å². The molecule has 2 aromatic rings. The van der Waals surface area contributed by atoms with Gasteiger partial charge in [0, 0.05) is 37.6 Å². The standard InChI is InChI=1S/C12H17N5O2/c1-2-3-10-16-12(19-17-10)5-4-11(18)13-6-9-7-14-15-8-9/h7-8H,2-6H2,1H3,(H,13,18)(H,14,15). The Hall–Kier alpha value is -2.18. The van der Waals surface area contributed by atoms with Crippen LogP contribution in [0.1, 0.15) is 37.0 Å². The highest BCUT2D eigenvalue weighted by Gasteiger charge is 2.08. The molecule has 0 fully saturated rings. The third-order valence-corrected chi connectivity index (χ3v) is 2.59. The minimum absolute atomic E-state index is 0.0450. The molecule has 0 aliphatic carbocycles. The Morgan fingerprint density at radius 2 is 2.37 bits per heavy atom. The highest BCUT2D eigenvalue weighted by molar-refractivity contribution is 5.75. The fourth-order valence-electron chi connectivity index (χ4n) is 1.60. The molecular weight excluding hydrogens is 246 g/mol. The average molecular weight is 263 g/mol. The number of rotatable bonds is 7. The SMILES string of the molecule is CCCc1noc(CCC(=O)NCc2cn[nH]c2)n1. The number of aromatic nitrogens is 4. The first kappa shape index (κ1) is 13.3. The number of nitrogens with zero attached hydrogens (tertiary/aromatic N) is 3. The van der Waals surface area contributed by atoms with Crippen LogP contribution >= 0.6 is 0 Å². The largest absolute Gasteiger partial charge is 0.352 e. The number of hydrogen-bond acceptors (Lipinski definition) is 5. The zero-order chi connectivity index (χ0) is 13.5. The third-order valence-electron chi connectivity index (χ3n) is 2.59. The molecular formula is C12H17N5O2. The van der Waals surface area contributed by atoms with E-state index >= 15 is 0 Å². The summed E-state index contributed by atoms with van der Waals surface area (Å²) in [6, 6.07) is 0. The van der Waals surface area contributed by atoms with Gasteiger partial charge in [-0.1, -0.05) is 12.1 Å². The van der Waals surface area contributed by atoms with Gasteiger partial charge in [-0.15, -0.1) is 0 Å². The van der Waals surface area contributed by atoms with Gasteiger partial charge >= 0.3 is 0 Å². The lowest BCUT2D eigenvalue weighted by molar-refractivity contribution is -0.121. The molecule has 19 heavy (non-hydrogen) atoms. The van der Waals surface area contributed by atoms with E-state index in [1.54, 1.807) is 12.4 Å². The number of H-pyrrole nitrogens is 1. The quantitative estimate of drug-likeness (QED) is 0.776. The number of carbonyl (C=O) groups excluding carboxylic acids is 1. The smallest absolute Gasteiger partial charge is 0.227 e. The summed E-state index contributed by atoms with van der Waals surface area (Å²) in [6.45, 7) is 2.53. The summed E-state index contributed by atoms with van der Waals surface area (Å²) in [5.41, 5.74) is 0.941. The molecule has 0 aromatic carbocycles. The molecule has 7 heteroatoms. The average Bonchev–Trinajstić information content (AvgIpc) is 3.05. The molecule has 0 unspecified atom stereocenters. The van der Waals surface area contributed by atoms with Crippen molar-refractivity contribution in [3.05, 3.63) is 29.7 Å². The zero-order valence-corrected chi connectivity index (χ0v) is 10.8. The minimum Gasteiger partial charge on any atom is -0.352 e. The molecule has 2 N–H and O–H groups in total. The monoisotopic (exact) mass is 263 g/mol. The summed E-state index contributed by atoms with van der Waals surface area (Å²) in [6.07, 6.45) is 6.00. The van der Waals surface area contributed by atoms with Crippen LogP contribution in [0.4, 0.5) is 0 Å². The fourth-order valence-corrected chi connectivity index (χ4v) is 1.60. The molecule has 0 aliphatic rings. The van der Waals surface area contributed by atoms with Gasteiger partial charge in [0.2, 0.25) is 11.8 Å². The van der Waals surface area contributed by atoms with Crippen LogP contribution in [0.3, 0.4) is 0 Å². The van der Waals surface area contributed by atoms with Crippen LogP contribution in [-0.2, 0) is 24.2 Å². The highest BCUT2D eigenvalue weighted by atomic mass is 16.5. The molecule has 0 radical (unpaired) electrons. The fraction of sp³-hybridized carbons (Fsp3) is 0.500. The topological polar surface area (TPSA) is 96.7 Å². The minimum atomic E-state index is -0.0450. The van der Waals surface area contributed by atoms with Crippen molar-refractivity contribution in [3.63, 3.8) is 0 Å². The van der Waals surface area contributed by atoms with Crippen molar-refractivity contribution in [3.8, 4) is 0 Å². The lowest BCUT2D eigenvalue weighted by Crippen LogP contribution is -2.22. The Kier molecular flexibility index (Phi) is 4.66. The molecule has 0 saturated heterocycles. The van der Waals surface area contributed by atoms with Gasteiger partial charge in [-0.25, -0.2) is 0 Å². The van der Waals surface area contributed by atoms with Crippen LogP contribution in [0, 0.1) is 0 Å². The van der Waals surface area contributed by atoms with Crippen molar-refractivity contribution in [1.29, 1.82) is 0 Å². The van der Waals surface area contributed by atoms with E-state index < -0.39 is 0 Å². The number of aryl methyl sites for hydroxylation is 2. The Bertz CT molecular complexity index is 506. The van der Waals surface area contributed by atoms with Gasteiger partial charge in [-0.2, -0.15) is 10.1 Å². The van der Waals surface area contributed by atoms with Crippen LogP contribution in [-0.4, -0.2) is 26.2 Å². The normalized spacial score (nSPS) is 10.6. The molecule has 2 rings (SSSR count). The van der Waals surface area contributed by atoms with E-state index in [0.29, 0.717) is 31.1 Å². The van der Waals surface area contributed by atoms with E-state index in [1.807, 2.05) is 0 Å². The van der Waals surface area contributed by atoms with Crippen molar-refractivity contribution in [2.24, 2.45) is 0 Å². The third kappa shape index (κ3) is 4.20. The van der Waals surface area contributed by atoms with E-state index in [9.17, 15) is 4.79 Å². The summed E-state index contributed by atoms with van der Waals surface area (Å²) >= 11 is 0. The number of amides is 1. The van der Waals surface area contributed by atoms with Gasteiger partial charge < -0.3 is 9.84 Å². The molecule has 2 aromatic heterocycles.